The molecular weight excluding hydrogens is 324 g/mol. The summed E-state index contributed by atoms with van der Waals surface area (Å²) in [5.41, 5.74) is 2.49. The van der Waals surface area contributed by atoms with Gasteiger partial charge in [-0.2, -0.15) is 10.2 Å². The largest absolute Gasteiger partial charge is 0.507 e. The van der Waals surface area contributed by atoms with Gasteiger partial charge in [0.05, 0.1) is 23.3 Å². The number of phenols is 1. The highest BCUT2D eigenvalue weighted by Crippen LogP contribution is 2.25. The minimum Gasteiger partial charge on any atom is -0.507 e. The molecule has 1 heterocycles. The van der Waals surface area contributed by atoms with E-state index in [-0.39, 0.29) is 5.75 Å². The second-order valence-corrected chi connectivity index (χ2v) is 5.33. The normalized spacial score (nSPS) is 11.4. The van der Waals surface area contributed by atoms with Gasteiger partial charge in [-0.05, 0) is 48.5 Å². The van der Waals surface area contributed by atoms with Gasteiger partial charge < -0.3 is 5.11 Å². The minimum atomic E-state index is 0.115. The van der Waals surface area contributed by atoms with E-state index in [2.05, 4.69) is 20.2 Å². The van der Waals surface area contributed by atoms with Crippen LogP contribution in [0.25, 0.3) is 0 Å². The first-order valence-corrected chi connectivity index (χ1v) is 7.53. The van der Waals surface area contributed by atoms with E-state index < -0.39 is 0 Å². The molecule has 5 nitrogen and oxygen atoms in total. The van der Waals surface area contributed by atoms with Crippen LogP contribution in [0.15, 0.2) is 82.2 Å². The van der Waals surface area contributed by atoms with E-state index in [1.54, 1.807) is 67.1 Å². The van der Waals surface area contributed by atoms with Gasteiger partial charge in [-0.1, -0.05) is 17.7 Å². The van der Waals surface area contributed by atoms with Gasteiger partial charge in [0.15, 0.2) is 0 Å². The fraction of sp³-hybridized carbons (Fsp3) is 0. The first-order chi connectivity index (χ1) is 11.7. The van der Waals surface area contributed by atoms with Gasteiger partial charge in [-0.3, -0.25) is 9.98 Å². The fourth-order valence-corrected chi connectivity index (χ4v) is 2.12. The van der Waals surface area contributed by atoms with Crippen molar-refractivity contribution in [2.45, 2.75) is 0 Å². The van der Waals surface area contributed by atoms with Crippen LogP contribution in [0.5, 0.6) is 5.75 Å². The van der Waals surface area contributed by atoms with E-state index in [4.69, 9.17) is 11.6 Å². The zero-order valence-corrected chi connectivity index (χ0v) is 13.3. The second-order valence-electron chi connectivity index (χ2n) is 4.89. The number of hydrogen-bond donors (Lipinski definition) is 1. The molecule has 0 bridgehead atoms. The van der Waals surface area contributed by atoms with Crippen LogP contribution < -0.4 is 0 Å². The highest BCUT2D eigenvalue weighted by molar-refractivity contribution is 6.30. The van der Waals surface area contributed by atoms with Gasteiger partial charge in [-0.25, -0.2) is 0 Å². The third-order valence-electron chi connectivity index (χ3n) is 3.10. The Kier molecular flexibility index (Phi) is 4.93. The lowest BCUT2D eigenvalue weighted by Gasteiger charge is -2.00. The van der Waals surface area contributed by atoms with E-state index in [0.29, 0.717) is 27.6 Å². The summed E-state index contributed by atoms with van der Waals surface area (Å²) in [6.45, 7) is 0. The summed E-state index contributed by atoms with van der Waals surface area (Å²) in [6.07, 6.45) is 4.87. The molecule has 1 N–H and O–H groups in total. The molecule has 0 atom stereocenters. The summed E-state index contributed by atoms with van der Waals surface area (Å²) in [5.74, 6) is 0.115. The number of aromatic hydroxyl groups is 1. The number of aliphatic imine (C=N–C) groups is 1. The third-order valence-corrected chi connectivity index (χ3v) is 3.33. The van der Waals surface area contributed by atoms with Gasteiger partial charge in [0.1, 0.15) is 5.75 Å². The lowest BCUT2D eigenvalue weighted by Crippen LogP contribution is -1.82. The number of rotatable bonds is 4. The summed E-state index contributed by atoms with van der Waals surface area (Å²) in [6, 6.07) is 15.6. The Balaban J connectivity index is 1.82. The molecule has 0 spiro atoms. The average Bonchev–Trinajstić information content (AvgIpc) is 2.61. The van der Waals surface area contributed by atoms with E-state index in [1.165, 1.54) is 0 Å². The molecule has 0 fully saturated rings. The molecule has 0 aliphatic rings. The van der Waals surface area contributed by atoms with Crippen LogP contribution in [-0.2, 0) is 0 Å². The summed E-state index contributed by atoms with van der Waals surface area (Å²) in [4.78, 5) is 8.26. The van der Waals surface area contributed by atoms with Crippen LogP contribution in [0, 0.1) is 0 Å². The lowest BCUT2D eigenvalue weighted by molar-refractivity contribution is 0.474. The van der Waals surface area contributed by atoms with E-state index in [0.717, 1.165) is 0 Å². The number of nitrogens with zero attached hydrogens (tertiary/aromatic N) is 4. The predicted octanol–water partition coefficient (Wildman–Crippen LogP) is 5.61. The van der Waals surface area contributed by atoms with Crippen LogP contribution >= 0.6 is 11.6 Å². The number of benzene rings is 2. The number of pyridine rings is 1. The molecule has 0 saturated carbocycles. The van der Waals surface area contributed by atoms with E-state index >= 15 is 0 Å². The number of azo groups is 1. The maximum Gasteiger partial charge on any atom is 0.124 e. The average molecular weight is 337 g/mol. The standard InChI is InChI=1S/C18H13ClN4O/c19-14-3-1-4-15(10-14)22-23-16-6-7-18(24)13(9-16)11-21-17-5-2-8-20-12-17/h1-12,24H. The zero-order chi connectivity index (χ0) is 16.8. The molecular formula is C18H13ClN4O. The van der Waals surface area contributed by atoms with Gasteiger partial charge in [0.25, 0.3) is 0 Å². The van der Waals surface area contributed by atoms with Gasteiger partial charge in [0, 0.05) is 23.0 Å². The van der Waals surface area contributed by atoms with Crippen molar-refractivity contribution in [1.82, 2.24) is 4.98 Å². The summed E-state index contributed by atoms with van der Waals surface area (Å²) in [5, 5.41) is 18.8. The van der Waals surface area contributed by atoms with E-state index in [9.17, 15) is 5.11 Å². The van der Waals surface area contributed by atoms with Gasteiger partial charge >= 0.3 is 0 Å². The summed E-state index contributed by atoms with van der Waals surface area (Å²) in [7, 11) is 0. The lowest BCUT2D eigenvalue weighted by atomic mass is 10.2. The fourth-order valence-electron chi connectivity index (χ4n) is 1.94. The minimum absolute atomic E-state index is 0.115. The van der Waals surface area contributed by atoms with Crippen molar-refractivity contribution >= 4 is 34.9 Å². The number of phenolic OH excluding ortho intramolecular Hbond substituents is 1. The van der Waals surface area contributed by atoms with Crippen molar-refractivity contribution in [2.75, 3.05) is 0 Å². The number of aromatic nitrogens is 1. The zero-order valence-electron chi connectivity index (χ0n) is 12.5. The summed E-state index contributed by atoms with van der Waals surface area (Å²) >= 11 is 5.91. The third kappa shape index (κ3) is 4.24. The molecule has 3 aromatic rings. The van der Waals surface area contributed by atoms with Crippen LogP contribution in [0.1, 0.15) is 5.56 Å². The first-order valence-electron chi connectivity index (χ1n) is 7.15. The second kappa shape index (κ2) is 7.48. The molecule has 3 rings (SSSR count). The molecule has 118 valence electrons. The predicted molar refractivity (Wildman–Crippen MR) is 95.2 cm³/mol. The molecule has 0 aliphatic heterocycles. The first kappa shape index (κ1) is 15.8. The van der Waals surface area contributed by atoms with Crippen molar-refractivity contribution in [2.24, 2.45) is 15.2 Å². The van der Waals surface area contributed by atoms with Crippen LogP contribution in [0.2, 0.25) is 5.02 Å². The SMILES string of the molecule is Oc1ccc(N=Nc2cccc(Cl)c2)cc1C=Nc1cccnc1. The van der Waals surface area contributed by atoms with Gasteiger partial charge in [-0.15, -0.1) is 0 Å². The Morgan fingerprint density at radius 3 is 2.46 bits per heavy atom. The molecule has 24 heavy (non-hydrogen) atoms. The Hall–Kier alpha value is -3.05. The molecule has 6 heteroatoms. The molecule has 2 aromatic carbocycles. The monoisotopic (exact) mass is 336 g/mol. The van der Waals surface area contributed by atoms with Gasteiger partial charge in [0.2, 0.25) is 0 Å². The number of hydrogen-bond acceptors (Lipinski definition) is 5. The van der Waals surface area contributed by atoms with Crippen molar-refractivity contribution in [3.05, 3.63) is 77.6 Å². The molecule has 0 unspecified atom stereocenters. The van der Waals surface area contributed by atoms with Crippen molar-refractivity contribution in [3.63, 3.8) is 0 Å². The molecule has 0 amide bonds. The highest BCUT2D eigenvalue weighted by atomic mass is 35.5. The van der Waals surface area contributed by atoms with E-state index in [1.807, 2.05) is 6.07 Å². The van der Waals surface area contributed by atoms with Crippen molar-refractivity contribution in [3.8, 4) is 5.75 Å². The molecule has 0 saturated heterocycles. The Labute approximate surface area is 144 Å². The summed E-state index contributed by atoms with van der Waals surface area (Å²) < 4.78 is 0. The van der Waals surface area contributed by atoms with Crippen LogP contribution in [0.4, 0.5) is 17.1 Å². The highest BCUT2D eigenvalue weighted by Gasteiger charge is 2.01. The molecule has 0 aliphatic carbocycles. The topological polar surface area (TPSA) is 70.2 Å². The maximum atomic E-state index is 9.94. The Morgan fingerprint density at radius 1 is 0.917 bits per heavy atom. The Bertz CT molecular complexity index is 895. The van der Waals surface area contributed by atoms with Crippen molar-refractivity contribution < 1.29 is 5.11 Å². The van der Waals surface area contributed by atoms with Crippen LogP contribution in [-0.4, -0.2) is 16.3 Å². The Morgan fingerprint density at radius 2 is 1.71 bits per heavy atom. The molecule has 0 radical (unpaired) electrons. The van der Waals surface area contributed by atoms with Crippen LogP contribution in [0.3, 0.4) is 0 Å². The quantitative estimate of drug-likeness (QED) is 0.497. The maximum absolute atomic E-state index is 9.94. The number of halogens is 1. The van der Waals surface area contributed by atoms with Crippen molar-refractivity contribution in [1.29, 1.82) is 0 Å². The molecule has 1 aromatic heterocycles. The smallest absolute Gasteiger partial charge is 0.124 e.